The highest BCUT2D eigenvalue weighted by Crippen LogP contribution is 2.34. The fraction of sp³-hybridized carbons (Fsp3) is 0.316. The van der Waals surface area contributed by atoms with Crippen LogP contribution in [0.5, 0.6) is 0 Å². The van der Waals surface area contributed by atoms with Crippen LogP contribution in [-0.4, -0.2) is 35.7 Å². The molecule has 0 amide bonds. The van der Waals surface area contributed by atoms with Gasteiger partial charge in [-0.25, -0.2) is 4.79 Å². The Morgan fingerprint density at radius 1 is 1.32 bits per heavy atom. The topological polar surface area (TPSA) is 49.8 Å². The van der Waals surface area contributed by atoms with Gasteiger partial charge in [0, 0.05) is 23.6 Å². The van der Waals surface area contributed by atoms with E-state index in [0.29, 0.717) is 30.1 Å². The minimum Gasteiger partial charge on any atom is -0.465 e. The van der Waals surface area contributed by atoms with Gasteiger partial charge in [-0.3, -0.25) is 4.90 Å². The number of hydrogen-bond acceptors (Lipinski definition) is 4. The normalized spacial score (nSPS) is 20.6. The van der Waals surface area contributed by atoms with E-state index in [2.05, 4.69) is 33.0 Å². The molecule has 2 aromatic carbocycles. The predicted molar refractivity (Wildman–Crippen MR) is 101 cm³/mol. The highest BCUT2D eigenvalue weighted by molar-refractivity contribution is 9.10. The van der Waals surface area contributed by atoms with Gasteiger partial charge >= 0.3 is 5.97 Å². The van der Waals surface area contributed by atoms with E-state index in [1.807, 2.05) is 18.2 Å². The second-order valence-corrected chi connectivity index (χ2v) is 7.51. The van der Waals surface area contributed by atoms with Crippen LogP contribution in [0.1, 0.15) is 33.9 Å². The van der Waals surface area contributed by atoms with Crippen molar-refractivity contribution in [1.29, 1.82) is 0 Å². The third-order valence-corrected chi connectivity index (χ3v) is 5.30. The van der Waals surface area contributed by atoms with Crippen molar-refractivity contribution in [3.63, 3.8) is 0 Å². The third kappa shape index (κ3) is 4.23. The smallest absolute Gasteiger partial charge is 0.339 e. The monoisotopic (exact) mass is 423 g/mol. The van der Waals surface area contributed by atoms with Crippen molar-refractivity contribution in [2.75, 3.05) is 13.7 Å². The fourth-order valence-electron chi connectivity index (χ4n) is 3.25. The summed E-state index contributed by atoms with van der Waals surface area (Å²) in [6.07, 6.45) is 0.355. The fourth-order valence-corrected chi connectivity index (χ4v) is 3.80. The Bertz CT molecular complexity index is 766. The van der Waals surface area contributed by atoms with Crippen LogP contribution in [-0.2, 0) is 11.3 Å². The molecule has 132 valence electrons. The van der Waals surface area contributed by atoms with Crippen molar-refractivity contribution >= 4 is 33.5 Å². The molecule has 6 heteroatoms. The number of β-amino-alcohol motifs (C(OH)–C–C–N with tert-alkyl or cyclic N) is 1. The SMILES string of the molecule is COC(=O)c1ccc(CN2CC(O)CC2c2ccc(Br)cc2)cc1Cl. The summed E-state index contributed by atoms with van der Waals surface area (Å²) >= 11 is 9.67. The molecule has 2 atom stereocenters. The highest BCUT2D eigenvalue weighted by Gasteiger charge is 2.32. The van der Waals surface area contributed by atoms with Gasteiger partial charge in [0.25, 0.3) is 0 Å². The molecule has 2 unspecified atom stereocenters. The van der Waals surface area contributed by atoms with E-state index in [-0.39, 0.29) is 12.1 Å². The van der Waals surface area contributed by atoms with Crippen LogP contribution in [0.3, 0.4) is 0 Å². The Morgan fingerprint density at radius 2 is 2.04 bits per heavy atom. The van der Waals surface area contributed by atoms with Crippen molar-refractivity contribution < 1.29 is 14.6 Å². The third-order valence-electron chi connectivity index (χ3n) is 4.46. The molecule has 1 N–H and O–H groups in total. The molecule has 0 aromatic heterocycles. The summed E-state index contributed by atoms with van der Waals surface area (Å²) in [7, 11) is 1.33. The van der Waals surface area contributed by atoms with Gasteiger partial charge < -0.3 is 9.84 Å². The quantitative estimate of drug-likeness (QED) is 0.748. The van der Waals surface area contributed by atoms with Crippen molar-refractivity contribution in [2.45, 2.75) is 25.1 Å². The van der Waals surface area contributed by atoms with E-state index in [0.717, 1.165) is 10.0 Å². The van der Waals surface area contributed by atoms with Gasteiger partial charge in [0.05, 0.1) is 23.8 Å². The van der Waals surface area contributed by atoms with Gasteiger partial charge in [0.1, 0.15) is 0 Å². The number of carbonyl (C=O) groups excluding carboxylic acids is 1. The zero-order valence-electron chi connectivity index (χ0n) is 13.8. The number of halogens is 2. The Morgan fingerprint density at radius 3 is 2.68 bits per heavy atom. The molecule has 1 aliphatic heterocycles. The number of nitrogens with zero attached hydrogens (tertiary/aromatic N) is 1. The Labute approximate surface area is 160 Å². The standard InChI is InChI=1S/C19H19BrClNO3/c1-25-19(24)16-7-2-12(8-17(16)21)10-22-11-15(23)9-18(22)13-3-5-14(20)6-4-13/h2-8,15,18,23H,9-11H2,1H3. The molecular formula is C19H19BrClNO3. The molecular weight excluding hydrogens is 406 g/mol. The van der Waals surface area contributed by atoms with Gasteiger partial charge in [-0.15, -0.1) is 0 Å². The summed E-state index contributed by atoms with van der Waals surface area (Å²) in [5.41, 5.74) is 2.53. The van der Waals surface area contributed by atoms with Crippen molar-refractivity contribution in [2.24, 2.45) is 0 Å². The molecule has 4 nitrogen and oxygen atoms in total. The first kappa shape index (κ1) is 18.4. The van der Waals surface area contributed by atoms with E-state index < -0.39 is 5.97 Å². The Kier molecular flexibility index (Phi) is 5.79. The van der Waals surface area contributed by atoms with Crippen molar-refractivity contribution in [3.05, 3.63) is 68.7 Å². The first-order valence-electron chi connectivity index (χ1n) is 8.02. The second kappa shape index (κ2) is 7.87. The number of esters is 1. The number of methoxy groups -OCH3 is 1. The highest BCUT2D eigenvalue weighted by atomic mass is 79.9. The molecule has 1 aliphatic rings. The zero-order chi connectivity index (χ0) is 18.0. The van der Waals surface area contributed by atoms with Gasteiger partial charge in [0.2, 0.25) is 0 Å². The summed E-state index contributed by atoms with van der Waals surface area (Å²) in [6, 6.07) is 13.7. The van der Waals surface area contributed by atoms with E-state index in [4.69, 9.17) is 16.3 Å². The molecule has 0 spiro atoms. The maximum atomic E-state index is 11.6. The van der Waals surface area contributed by atoms with Gasteiger partial charge in [0.15, 0.2) is 0 Å². The summed E-state index contributed by atoms with van der Waals surface area (Å²) < 4.78 is 5.75. The molecule has 2 aromatic rings. The van der Waals surface area contributed by atoms with E-state index >= 15 is 0 Å². The lowest BCUT2D eigenvalue weighted by Gasteiger charge is -2.25. The van der Waals surface area contributed by atoms with Gasteiger partial charge in [-0.2, -0.15) is 0 Å². The second-order valence-electron chi connectivity index (χ2n) is 6.19. The molecule has 3 rings (SSSR count). The number of aliphatic hydroxyl groups excluding tert-OH is 1. The Hall–Kier alpha value is -1.40. The number of carbonyl (C=O) groups is 1. The molecule has 1 saturated heterocycles. The number of benzene rings is 2. The van der Waals surface area contributed by atoms with Crippen LogP contribution in [0.2, 0.25) is 5.02 Å². The maximum absolute atomic E-state index is 11.6. The molecule has 1 fully saturated rings. The number of rotatable bonds is 4. The average molecular weight is 425 g/mol. The molecule has 1 heterocycles. The molecule has 0 saturated carbocycles. The van der Waals surface area contributed by atoms with Crippen LogP contribution < -0.4 is 0 Å². The zero-order valence-corrected chi connectivity index (χ0v) is 16.1. The maximum Gasteiger partial charge on any atom is 0.339 e. The average Bonchev–Trinajstić information content (AvgIpc) is 2.95. The molecule has 0 radical (unpaired) electrons. The predicted octanol–water partition coefficient (Wildman–Crippen LogP) is 4.20. The number of ether oxygens (including phenoxy) is 1. The van der Waals surface area contributed by atoms with Crippen LogP contribution in [0.15, 0.2) is 46.9 Å². The van der Waals surface area contributed by atoms with Crippen LogP contribution in [0.4, 0.5) is 0 Å². The molecule has 25 heavy (non-hydrogen) atoms. The summed E-state index contributed by atoms with van der Waals surface area (Å²) in [5.74, 6) is -0.444. The minimum absolute atomic E-state index is 0.155. The number of hydrogen-bond donors (Lipinski definition) is 1. The van der Waals surface area contributed by atoms with Crippen LogP contribution >= 0.6 is 27.5 Å². The summed E-state index contributed by atoms with van der Waals surface area (Å²) in [5, 5.41) is 10.5. The van der Waals surface area contributed by atoms with Crippen molar-refractivity contribution in [3.8, 4) is 0 Å². The number of likely N-dealkylation sites (tertiary alicyclic amines) is 1. The van der Waals surface area contributed by atoms with Gasteiger partial charge in [-0.1, -0.05) is 45.7 Å². The van der Waals surface area contributed by atoms with E-state index in [1.165, 1.54) is 12.7 Å². The largest absolute Gasteiger partial charge is 0.465 e. The lowest BCUT2D eigenvalue weighted by Crippen LogP contribution is -2.24. The Balaban J connectivity index is 1.79. The number of aliphatic hydroxyl groups is 1. The first-order chi connectivity index (χ1) is 12.0. The van der Waals surface area contributed by atoms with E-state index in [9.17, 15) is 9.90 Å². The van der Waals surface area contributed by atoms with Gasteiger partial charge in [-0.05, 0) is 41.8 Å². The lowest BCUT2D eigenvalue weighted by molar-refractivity contribution is 0.0601. The summed E-state index contributed by atoms with van der Waals surface area (Å²) in [6.45, 7) is 1.26. The van der Waals surface area contributed by atoms with E-state index in [1.54, 1.807) is 12.1 Å². The van der Waals surface area contributed by atoms with Crippen LogP contribution in [0, 0.1) is 0 Å². The summed E-state index contributed by atoms with van der Waals surface area (Å²) in [4.78, 5) is 13.9. The molecule has 0 bridgehead atoms. The molecule has 0 aliphatic carbocycles. The first-order valence-corrected chi connectivity index (χ1v) is 9.19. The lowest BCUT2D eigenvalue weighted by atomic mass is 10.0. The minimum atomic E-state index is -0.444. The van der Waals surface area contributed by atoms with Crippen molar-refractivity contribution in [1.82, 2.24) is 4.90 Å². The van der Waals surface area contributed by atoms with Crippen LogP contribution in [0.25, 0.3) is 0 Å².